The number of aromatic nitrogens is 12. The Balaban J connectivity index is 0.904. The Morgan fingerprint density at radius 2 is 1.03 bits per heavy atom. The lowest BCUT2D eigenvalue weighted by Gasteiger charge is -2.25. The van der Waals surface area contributed by atoms with Crippen LogP contribution >= 0.6 is 15.6 Å². The minimum Gasteiger partial charge on any atom is -0.394 e. The molecule has 0 spiro atoms. The van der Waals surface area contributed by atoms with E-state index in [1.165, 1.54) is 39.0 Å². The second-order valence-corrected chi connectivity index (χ2v) is 17.0. The Morgan fingerprint density at radius 3 is 1.50 bits per heavy atom. The molecule has 332 valence electrons. The zero-order valence-electron chi connectivity index (χ0n) is 31.5. The number of fused-ring (bicyclic) bond motifs is 3. The molecule has 6 aromatic rings. The largest absolute Gasteiger partial charge is 0.472 e. The van der Waals surface area contributed by atoms with E-state index in [9.17, 15) is 39.3 Å². The summed E-state index contributed by atoms with van der Waals surface area (Å²) in [7, 11) is -10.4. The zero-order valence-corrected chi connectivity index (χ0v) is 33.3. The molecule has 0 bridgehead atoms. The van der Waals surface area contributed by atoms with E-state index in [2.05, 4.69) is 44.9 Å². The van der Waals surface area contributed by atoms with Crippen molar-refractivity contribution < 1.29 is 71.6 Å². The number of hydrogen-bond donors (Lipinski definition) is 9. The summed E-state index contributed by atoms with van der Waals surface area (Å²) in [5, 5.41) is 43.1. The Labute approximate surface area is 345 Å². The Bertz CT molecular complexity index is 2710. The maximum absolute atomic E-state index is 13.5. The number of rotatable bonds is 14. The van der Waals surface area contributed by atoms with Crippen LogP contribution < -0.4 is 17.2 Å². The number of aliphatic hydroxyl groups is 4. The van der Waals surface area contributed by atoms with Crippen LogP contribution in [-0.4, -0.2) is 157 Å². The van der Waals surface area contributed by atoms with Gasteiger partial charge in [-0.15, -0.1) is 0 Å². The summed E-state index contributed by atoms with van der Waals surface area (Å²) in [5.74, 6) is 0.0869. The third kappa shape index (κ3) is 7.73. The van der Waals surface area contributed by atoms with E-state index in [0.29, 0.717) is 0 Å². The van der Waals surface area contributed by atoms with Gasteiger partial charge in [0.2, 0.25) is 0 Å². The number of phosphoric ester groups is 2. The van der Waals surface area contributed by atoms with Crippen molar-refractivity contribution in [2.24, 2.45) is 0 Å². The van der Waals surface area contributed by atoms with Gasteiger partial charge in [-0.3, -0.25) is 31.8 Å². The minimum atomic E-state index is -5.24. The lowest BCUT2D eigenvalue weighted by Crippen LogP contribution is -2.36. The number of hydrogen-bond acceptors (Lipinski definition) is 25. The molecule has 62 heavy (non-hydrogen) atoms. The molecule has 9 rings (SSSR count). The Hall–Kier alpha value is -5.01. The summed E-state index contributed by atoms with van der Waals surface area (Å²) in [5.41, 5.74) is 18.7. The van der Waals surface area contributed by atoms with Gasteiger partial charge in [0.1, 0.15) is 78.3 Å². The third-order valence-corrected chi connectivity index (χ3v) is 12.3. The quantitative estimate of drug-likeness (QED) is 0.0507. The number of phosphoric acid groups is 2. The first-order valence-corrected chi connectivity index (χ1v) is 21.3. The lowest BCUT2D eigenvalue weighted by molar-refractivity contribution is -0.0633. The van der Waals surface area contributed by atoms with Gasteiger partial charge in [-0.2, -0.15) is 0 Å². The summed E-state index contributed by atoms with van der Waals surface area (Å²) in [6.07, 6.45) is -8.84. The van der Waals surface area contributed by atoms with Crippen molar-refractivity contribution in [1.82, 2.24) is 58.6 Å². The molecule has 3 aliphatic heterocycles. The molecular weight excluding hydrogens is 872 g/mol. The molecule has 30 nitrogen and oxygen atoms in total. The molecule has 3 fully saturated rings. The Morgan fingerprint density at radius 1 is 0.613 bits per heavy atom. The summed E-state index contributed by atoms with van der Waals surface area (Å²) in [6, 6.07) is 0. The molecule has 9 heterocycles. The van der Waals surface area contributed by atoms with Crippen LogP contribution in [0.2, 0.25) is 0 Å². The maximum atomic E-state index is 13.5. The van der Waals surface area contributed by atoms with E-state index < -0.39 is 103 Å². The SMILES string of the molecule is Nc1ncnc2c1ncn2[C@@H]1O[C@H](CO)[C@@H](O)[C@H]1OP(=O)(O)OC[C@H]1O[C@@H](n2cnc3c(N)ncnc32)[C@H](OP(=O)(O)OC[C@@H]2C[C@@H](O)[C@H](n3cnc4c(N)ncnc43)O2)[C@@H]1O. The standard InChI is InChI=1S/C30H37N15O15P2/c31-22-15-25(37-5-34-22)43(8-40-15)28-12(47)1-11(56-28)3-54-61(50,51)60-21-19(49)14(58-30(21)45-10-42-17-24(33)36-7-39-27(17)45)4-55-62(52,53)59-20-18(48)13(2-46)57-29(20)44-9-41-16-23(32)35-6-38-26(16)44/h5-14,18-21,28-30,46-49H,1-4H2,(H,50,51)(H,52,53)(H2,31,34,37)(H2,32,35,38)(H2,33,36,39)/t11-,12+,13+,14+,18+,19+,20+,21+,28+,29+,30+/m0/s1. The van der Waals surface area contributed by atoms with Crippen molar-refractivity contribution >= 4 is 66.6 Å². The highest BCUT2D eigenvalue weighted by Gasteiger charge is 2.52. The molecular formula is C30H37N15O15P2. The monoisotopic (exact) mass is 909 g/mol. The van der Waals surface area contributed by atoms with Gasteiger partial charge < -0.3 is 61.6 Å². The number of nitrogens with two attached hydrogens (primary N) is 3. The summed E-state index contributed by atoms with van der Waals surface area (Å²) >= 11 is 0. The number of nitrogen functional groups attached to an aromatic ring is 3. The molecule has 3 aliphatic rings. The van der Waals surface area contributed by atoms with E-state index in [1.54, 1.807) is 0 Å². The van der Waals surface area contributed by atoms with Crippen molar-refractivity contribution in [3.63, 3.8) is 0 Å². The van der Waals surface area contributed by atoms with E-state index in [1.807, 2.05) is 0 Å². The van der Waals surface area contributed by atoms with Crippen molar-refractivity contribution in [2.45, 2.75) is 73.9 Å². The fraction of sp³-hybridized carbons (Fsp3) is 0.500. The van der Waals surface area contributed by atoms with E-state index >= 15 is 0 Å². The molecule has 32 heteroatoms. The number of nitrogens with zero attached hydrogens (tertiary/aromatic N) is 12. The molecule has 2 unspecified atom stereocenters. The average Bonchev–Trinajstić information content (AvgIpc) is 4.10. The number of aliphatic hydroxyl groups excluding tert-OH is 4. The van der Waals surface area contributed by atoms with Crippen molar-refractivity contribution in [3.05, 3.63) is 38.0 Å². The summed E-state index contributed by atoms with van der Waals surface area (Å²) in [6.45, 7) is -2.22. The van der Waals surface area contributed by atoms with Crippen LogP contribution in [0, 0.1) is 0 Å². The van der Waals surface area contributed by atoms with Crippen LogP contribution in [0.15, 0.2) is 38.0 Å². The van der Waals surface area contributed by atoms with Crippen LogP contribution in [-0.2, 0) is 41.4 Å². The van der Waals surface area contributed by atoms with Gasteiger partial charge in [-0.25, -0.2) is 54.0 Å². The maximum Gasteiger partial charge on any atom is 0.472 e. The van der Waals surface area contributed by atoms with Crippen LogP contribution in [0.4, 0.5) is 17.5 Å². The fourth-order valence-electron chi connectivity index (χ4n) is 7.37. The summed E-state index contributed by atoms with van der Waals surface area (Å²) in [4.78, 5) is 58.4. The van der Waals surface area contributed by atoms with E-state index in [-0.39, 0.29) is 57.4 Å². The van der Waals surface area contributed by atoms with E-state index in [4.69, 9.17) is 49.5 Å². The average molecular weight is 910 g/mol. The molecule has 13 atom stereocenters. The van der Waals surface area contributed by atoms with Gasteiger partial charge in [-0.1, -0.05) is 0 Å². The molecule has 3 saturated heterocycles. The van der Waals surface area contributed by atoms with E-state index in [0.717, 1.165) is 12.7 Å². The molecule has 0 aromatic carbocycles. The summed E-state index contributed by atoms with van der Waals surface area (Å²) < 4.78 is 70.0. The first-order valence-electron chi connectivity index (χ1n) is 18.3. The topological polar surface area (TPSA) is 429 Å². The second-order valence-electron chi connectivity index (χ2n) is 14.2. The predicted molar refractivity (Wildman–Crippen MR) is 202 cm³/mol. The highest BCUT2D eigenvalue weighted by atomic mass is 31.2. The molecule has 6 aromatic heterocycles. The Kier molecular flexibility index (Phi) is 11.1. The molecule has 0 aliphatic carbocycles. The molecule has 0 radical (unpaired) electrons. The van der Waals surface area contributed by atoms with Crippen LogP contribution in [0.3, 0.4) is 0 Å². The van der Waals surface area contributed by atoms with Crippen molar-refractivity contribution in [2.75, 3.05) is 37.0 Å². The minimum absolute atomic E-state index is 0.0122. The van der Waals surface area contributed by atoms with Gasteiger partial charge in [-0.05, 0) is 0 Å². The van der Waals surface area contributed by atoms with Gasteiger partial charge in [0.15, 0.2) is 53.1 Å². The zero-order chi connectivity index (χ0) is 43.7. The molecule has 0 amide bonds. The van der Waals surface area contributed by atoms with Crippen LogP contribution in [0.25, 0.3) is 33.5 Å². The molecule has 12 N–H and O–H groups in total. The lowest BCUT2D eigenvalue weighted by atomic mass is 10.1. The number of anilines is 3. The molecule has 0 saturated carbocycles. The van der Waals surface area contributed by atoms with Crippen LogP contribution in [0.5, 0.6) is 0 Å². The van der Waals surface area contributed by atoms with Crippen LogP contribution in [0.1, 0.15) is 25.1 Å². The van der Waals surface area contributed by atoms with Gasteiger partial charge in [0, 0.05) is 6.42 Å². The smallest absolute Gasteiger partial charge is 0.394 e. The predicted octanol–water partition coefficient (Wildman–Crippen LogP) is -2.59. The van der Waals surface area contributed by atoms with Gasteiger partial charge >= 0.3 is 15.6 Å². The van der Waals surface area contributed by atoms with Crippen molar-refractivity contribution in [1.29, 1.82) is 0 Å². The highest BCUT2D eigenvalue weighted by molar-refractivity contribution is 7.47. The van der Waals surface area contributed by atoms with Crippen molar-refractivity contribution in [3.8, 4) is 0 Å². The normalized spacial score (nSPS) is 31.0. The first kappa shape index (κ1) is 42.3. The van der Waals surface area contributed by atoms with Gasteiger partial charge in [0.25, 0.3) is 0 Å². The number of ether oxygens (including phenoxy) is 3. The highest BCUT2D eigenvalue weighted by Crippen LogP contribution is 2.53. The van der Waals surface area contributed by atoms with Gasteiger partial charge in [0.05, 0.1) is 44.9 Å². The fourth-order valence-corrected chi connectivity index (χ4v) is 9.25. The second kappa shape index (κ2) is 16.3. The first-order chi connectivity index (χ1) is 29.6. The third-order valence-electron chi connectivity index (χ3n) is 10.3. The number of imidazole rings is 3.